The van der Waals surface area contributed by atoms with Crippen LogP contribution in [0.2, 0.25) is 0 Å². The summed E-state index contributed by atoms with van der Waals surface area (Å²) < 4.78 is 12.5. The molecule has 31 heavy (non-hydrogen) atoms. The molecule has 0 amide bonds. The molecule has 0 saturated heterocycles. The van der Waals surface area contributed by atoms with Crippen molar-refractivity contribution in [1.29, 1.82) is 0 Å². The van der Waals surface area contributed by atoms with E-state index in [0.717, 1.165) is 29.5 Å². The van der Waals surface area contributed by atoms with Crippen LogP contribution in [0.3, 0.4) is 0 Å². The zero-order valence-corrected chi connectivity index (χ0v) is 19.1. The van der Waals surface area contributed by atoms with Gasteiger partial charge in [-0.25, -0.2) is 4.98 Å². The molecule has 5 rings (SSSR count). The van der Waals surface area contributed by atoms with Crippen LogP contribution in [0.4, 0.5) is 0 Å². The minimum atomic E-state index is -0.138. The van der Waals surface area contributed by atoms with Gasteiger partial charge in [-0.15, -0.1) is 11.3 Å². The van der Waals surface area contributed by atoms with Gasteiger partial charge in [0.2, 0.25) is 4.96 Å². The molecule has 0 spiro atoms. The molecular formula is C22H22N4O3S2. The van der Waals surface area contributed by atoms with Crippen molar-refractivity contribution in [3.63, 3.8) is 0 Å². The summed E-state index contributed by atoms with van der Waals surface area (Å²) in [6.45, 7) is 3.35. The van der Waals surface area contributed by atoms with Crippen LogP contribution >= 0.6 is 22.7 Å². The normalized spacial score (nSPS) is 16.4. The van der Waals surface area contributed by atoms with E-state index in [4.69, 9.17) is 9.47 Å². The highest BCUT2D eigenvalue weighted by Crippen LogP contribution is 2.42. The maximum absolute atomic E-state index is 12.3. The Labute approximate surface area is 187 Å². The Morgan fingerprint density at radius 1 is 1.19 bits per heavy atom. The highest BCUT2D eigenvalue weighted by molar-refractivity contribution is 7.16. The molecule has 0 N–H and O–H groups in total. The number of fused-ring (bicyclic) bond motifs is 2. The second-order valence-electron chi connectivity index (χ2n) is 7.47. The van der Waals surface area contributed by atoms with Crippen LogP contribution in [-0.2, 0) is 13.0 Å². The highest BCUT2D eigenvalue weighted by Gasteiger charge is 2.31. The minimum absolute atomic E-state index is 0.0852. The summed E-state index contributed by atoms with van der Waals surface area (Å²) in [6, 6.07) is 10.0. The molecule has 0 bridgehead atoms. The van der Waals surface area contributed by atoms with Crippen LogP contribution in [0.25, 0.3) is 4.96 Å². The molecular weight excluding hydrogens is 432 g/mol. The molecule has 0 radical (unpaired) electrons. The minimum Gasteiger partial charge on any atom is -0.493 e. The first kappa shape index (κ1) is 20.2. The van der Waals surface area contributed by atoms with Crippen molar-refractivity contribution in [1.82, 2.24) is 19.5 Å². The van der Waals surface area contributed by atoms with Crippen LogP contribution in [0.15, 0.2) is 40.5 Å². The van der Waals surface area contributed by atoms with Crippen LogP contribution < -0.4 is 15.0 Å². The topological polar surface area (TPSA) is 69.0 Å². The second-order valence-corrected chi connectivity index (χ2v) is 9.49. The van der Waals surface area contributed by atoms with Crippen LogP contribution in [0.1, 0.15) is 32.7 Å². The number of hydrogen-bond acceptors (Lipinski definition) is 8. The van der Waals surface area contributed by atoms with Gasteiger partial charge in [0, 0.05) is 23.2 Å². The van der Waals surface area contributed by atoms with Crippen molar-refractivity contribution in [3.05, 3.63) is 72.8 Å². The third-order valence-electron chi connectivity index (χ3n) is 5.54. The van der Waals surface area contributed by atoms with E-state index < -0.39 is 0 Å². The lowest BCUT2D eigenvalue weighted by Crippen LogP contribution is -2.35. The van der Waals surface area contributed by atoms with Crippen LogP contribution in [-0.4, -0.2) is 40.3 Å². The van der Waals surface area contributed by atoms with E-state index in [0.29, 0.717) is 17.2 Å². The van der Waals surface area contributed by atoms with Crippen LogP contribution in [0, 0.1) is 6.92 Å². The third-order valence-corrected chi connectivity index (χ3v) is 7.36. The summed E-state index contributed by atoms with van der Waals surface area (Å²) in [6.07, 6.45) is 0.903. The Morgan fingerprint density at radius 3 is 2.74 bits per heavy atom. The largest absolute Gasteiger partial charge is 0.493 e. The number of ether oxygens (including phenoxy) is 2. The molecule has 0 saturated carbocycles. The maximum atomic E-state index is 12.3. The summed E-state index contributed by atoms with van der Waals surface area (Å²) in [4.78, 5) is 21.1. The van der Waals surface area contributed by atoms with Crippen molar-refractivity contribution in [2.45, 2.75) is 25.9 Å². The number of aryl methyl sites for hydroxylation is 1. The lowest BCUT2D eigenvalue weighted by atomic mass is 9.91. The quantitative estimate of drug-likeness (QED) is 0.458. The van der Waals surface area contributed by atoms with Gasteiger partial charge in [0.05, 0.1) is 26.8 Å². The molecule has 0 aliphatic carbocycles. The van der Waals surface area contributed by atoms with Crippen molar-refractivity contribution in [3.8, 4) is 11.5 Å². The molecule has 0 fully saturated rings. The summed E-state index contributed by atoms with van der Waals surface area (Å²) in [7, 11) is 3.33. The zero-order valence-electron chi connectivity index (χ0n) is 17.5. The van der Waals surface area contributed by atoms with E-state index in [9.17, 15) is 4.79 Å². The fourth-order valence-electron chi connectivity index (χ4n) is 4.15. The molecule has 9 heteroatoms. The standard InChI is InChI=1S/C22H22N4O3S2/c1-13-9-20(27)26-22(23-13)31-19(24-26)12-25-7-6-14-10-16(28-2)17(29-3)11-15(14)21(25)18-5-4-8-30-18/h4-5,8-11,21H,6-7,12H2,1-3H3/t21-/m1/s1. The molecule has 1 aliphatic heterocycles. The van der Waals surface area contributed by atoms with E-state index in [-0.39, 0.29) is 11.6 Å². The fraction of sp³-hybridized carbons (Fsp3) is 0.318. The Bertz CT molecular complexity index is 1300. The van der Waals surface area contributed by atoms with Gasteiger partial charge in [0.25, 0.3) is 5.56 Å². The summed E-state index contributed by atoms with van der Waals surface area (Å²) in [5.74, 6) is 1.49. The molecule has 1 aliphatic rings. The van der Waals surface area contributed by atoms with E-state index in [1.807, 2.05) is 6.92 Å². The lowest BCUT2D eigenvalue weighted by molar-refractivity contribution is 0.205. The van der Waals surface area contributed by atoms with Crippen molar-refractivity contribution in [2.24, 2.45) is 0 Å². The van der Waals surface area contributed by atoms with Crippen molar-refractivity contribution in [2.75, 3.05) is 20.8 Å². The average Bonchev–Trinajstić information content (AvgIpc) is 3.42. The van der Waals surface area contributed by atoms with Gasteiger partial charge in [-0.05, 0) is 48.1 Å². The van der Waals surface area contributed by atoms with Gasteiger partial charge >= 0.3 is 0 Å². The van der Waals surface area contributed by atoms with Crippen molar-refractivity contribution < 1.29 is 9.47 Å². The summed E-state index contributed by atoms with van der Waals surface area (Å²) in [5, 5.41) is 7.54. The van der Waals surface area contributed by atoms with Gasteiger partial charge in [0.15, 0.2) is 11.5 Å². The molecule has 1 atom stereocenters. The number of thiophene rings is 1. The van der Waals surface area contributed by atoms with E-state index in [1.165, 1.54) is 37.9 Å². The first-order valence-corrected chi connectivity index (χ1v) is 11.7. The van der Waals surface area contributed by atoms with E-state index in [2.05, 4.69) is 44.6 Å². The van der Waals surface area contributed by atoms with E-state index >= 15 is 0 Å². The molecule has 4 heterocycles. The molecule has 160 valence electrons. The predicted molar refractivity (Wildman–Crippen MR) is 122 cm³/mol. The SMILES string of the molecule is COc1cc2c(cc1OC)[C@H](c1cccs1)N(Cc1nn3c(=O)cc(C)nc3s1)CC2. The highest BCUT2D eigenvalue weighted by atomic mass is 32.1. The molecule has 3 aromatic heterocycles. The number of nitrogens with zero attached hydrogens (tertiary/aromatic N) is 4. The Kier molecular flexibility index (Phi) is 5.25. The number of benzene rings is 1. The van der Waals surface area contributed by atoms with Gasteiger partial charge in [-0.3, -0.25) is 9.69 Å². The predicted octanol–water partition coefficient (Wildman–Crippen LogP) is 3.69. The Hall–Kier alpha value is -2.75. The zero-order chi connectivity index (χ0) is 21.5. The van der Waals surface area contributed by atoms with Gasteiger partial charge in [0.1, 0.15) is 5.01 Å². The second kappa shape index (κ2) is 8.07. The van der Waals surface area contributed by atoms with Gasteiger partial charge < -0.3 is 9.47 Å². The number of rotatable bonds is 5. The number of hydrogen-bond donors (Lipinski definition) is 0. The monoisotopic (exact) mass is 454 g/mol. The van der Waals surface area contributed by atoms with Crippen molar-refractivity contribution >= 4 is 27.6 Å². The van der Waals surface area contributed by atoms with Gasteiger partial charge in [-0.1, -0.05) is 17.4 Å². The maximum Gasteiger partial charge on any atom is 0.275 e. The van der Waals surface area contributed by atoms with Crippen LogP contribution in [0.5, 0.6) is 11.5 Å². The van der Waals surface area contributed by atoms with Gasteiger partial charge in [-0.2, -0.15) is 9.61 Å². The molecule has 0 unspecified atom stereocenters. The molecule has 1 aromatic carbocycles. The Morgan fingerprint density at radius 2 is 2.00 bits per heavy atom. The van der Waals surface area contributed by atoms with E-state index in [1.54, 1.807) is 25.6 Å². The molecule has 4 aromatic rings. The fourth-order valence-corrected chi connectivity index (χ4v) is 5.99. The summed E-state index contributed by atoms with van der Waals surface area (Å²) in [5.41, 5.74) is 3.06. The first-order valence-electron chi connectivity index (χ1n) is 9.96. The first-order chi connectivity index (χ1) is 15.1. The Balaban J connectivity index is 1.56. The number of methoxy groups -OCH3 is 2. The molecule has 7 nitrogen and oxygen atoms in total. The summed E-state index contributed by atoms with van der Waals surface area (Å²) >= 11 is 3.21. The lowest BCUT2D eigenvalue weighted by Gasteiger charge is -2.36. The smallest absolute Gasteiger partial charge is 0.275 e. The average molecular weight is 455 g/mol. The third kappa shape index (κ3) is 3.62. The number of aromatic nitrogens is 3.